The summed E-state index contributed by atoms with van der Waals surface area (Å²) in [6, 6.07) is 15.2. The average molecular weight is 387 g/mol. The number of pyridine rings is 1. The van der Waals surface area contributed by atoms with Crippen LogP contribution in [0.4, 0.5) is 23.3 Å². The third kappa shape index (κ3) is 3.14. The minimum Gasteiger partial charge on any atom is -0.326 e. The Balaban J connectivity index is 1.47. The second-order valence-electron chi connectivity index (χ2n) is 5.99. The van der Waals surface area contributed by atoms with Crippen molar-refractivity contribution in [2.45, 2.75) is 0 Å². The van der Waals surface area contributed by atoms with E-state index >= 15 is 0 Å². The van der Waals surface area contributed by atoms with Crippen LogP contribution in [-0.4, -0.2) is 24.9 Å². The highest BCUT2D eigenvalue weighted by Crippen LogP contribution is 2.25. The summed E-state index contributed by atoms with van der Waals surface area (Å²) < 4.78 is 1.04. The Morgan fingerprint density at radius 3 is 2.86 bits per heavy atom. The minimum absolute atomic E-state index is 0.196. The Hall–Kier alpha value is -3.85. The maximum atomic E-state index is 12.0. The fourth-order valence-electron chi connectivity index (χ4n) is 2.90. The van der Waals surface area contributed by atoms with Crippen LogP contribution in [0.3, 0.4) is 0 Å². The third-order valence-corrected chi connectivity index (χ3v) is 4.93. The molecule has 0 unspecified atom stereocenters. The number of nitrogens with one attached hydrogen (secondary N) is 3. The molecule has 3 heterocycles. The smallest absolute Gasteiger partial charge is 0.326 e. The Kier molecular flexibility index (Phi) is 3.91. The minimum atomic E-state index is -0.503. The second kappa shape index (κ2) is 6.71. The molecule has 0 spiro atoms. The number of anilines is 4. The summed E-state index contributed by atoms with van der Waals surface area (Å²) in [5.41, 5.74) is 4.63. The van der Waals surface area contributed by atoms with Crippen LogP contribution < -0.4 is 16.3 Å². The van der Waals surface area contributed by atoms with E-state index < -0.39 is 5.69 Å². The molecule has 0 bridgehead atoms. The van der Waals surface area contributed by atoms with Gasteiger partial charge in [0.25, 0.3) is 0 Å². The molecule has 3 N–H and O–H groups in total. The van der Waals surface area contributed by atoms with Crippen molar-refractivity contribution >= 4 is 55.7 Å². The van der Waals surface area contributed by atoms with Crippen LogP contribution in [0.25, 0.3) is 21.1 Å². The van der Waals surface area contributed by atoms with E-state index in [9.17, 15) is 4.79 Å². The molecule has 0 saturated heterocycles. The Labute approximate surface area is 162 Å². The van der Waals surface area contributed by atoms with Gasteiger partial charge in [-0.3, -0.25) is 9.97 Å². The molecule has 0 aliphatic heterocycles. The summed E-state index contributed by atoms with van der Waals surface area (Å²) in [4.78, 5) is 31.5. The molecule has 0 aliphatic rings. The molecule has 8 nitrogen and oxygen atoms in total. The van der Waals surface area contributed by atoms with E-state index in [2.05, 4.69) is 35.6 Å². The predicted molar refractivity (Wildman–Crippen MR) is 111 cm³/mol. The first-order valence-corrected chi connectivity index (χ1v) is 9.32. The van der Waals surface area contributed by atoms with Crippen molar-refractivity contribution in [1.82, 2.24) is 24.9 Å². The number of hydrogen-bond acceptors (Lipinski definition) is 8. The van der Waals surface area contributed by atoms with Crippen LogP contribution in [0.1, 0.15) is 0 Å². The van der Waals surface area contributed by atoms with Crippen LogP contribution in [0.2, 0.25) is 0 Å². The standard InChI is InChI=1S/C19H13N7OS/c27-19-25-17(22-11-6-7-15-16(9-11)28-10-21-15)24-18(26-19)23-14-5-1-4-13-12(14)3-2-8-20-13/h1-10H,(H3,22,23,24,25,26,27). The van der Waals surface area contributed by atoms with Gasteiger partial charge in [-0.05, 0) is 42.5 Å². The summed E-state index contributed by atoms with van der Waals surface area (Å²) in [6.45, 7) is 0. The van der Waals surface area contributed by atoms with E-state index in [4.69, 9.17) is 0 Å². The van der Waals surface area contributed by atoms with Crippen molar-refractivity contribution in [3.63, 3.8) is 0 Å². The van der Waals surface area contributed by atoms with Gasteiger partial charge in [-0.25, -0.2) is 9.78 Å². The molecule has 136 valence electrons. The van der Waals surface area contributed by atoms with E-state index in [1.54, 1.807) is 23.0 Å². The summed E-state index contributed by atoms with van der Waals surface area (Å²) >= 11 is 1.55. The van der Waals surface area contributed by atoms with Crippen molar-refractivity contribution in [2.75, 3.05) is 10.6 Å². The monoisotopic (exact) mass is 387 g/mol. The Morgan fingerprint density at radius 2 is 1.89 bits per heavy atom. The van der Waals surface area contributed by atoms with Crippen molar-refractivity contribution in [1.29, 1.82) is 0 Å². The molecule has 0 aliphatic carbocycles. The lowest BCUT2D eigenvalue weighted by Gasteiger charge is -2.09. The highest BCUT2D eigenvalue weighted by molar-refractivity contribution is 7.16. The summed E-state index contributed by atoms with van der Waals surface area (Å²) in [5.74, 6) is 0.492. The van der Waals surface area contributed by atoms with E-state index in [-0.39, 0.29) is 5.95 Å². The van der Waals surface area contributed by atoms with Gasteiger partial charge >= 0.3 is 5.69 Å². The number of hydrogen-bond donors (Lipinski definition) is 3. The molecule has 28 heavy (non-hydrogen) atoms. The number of aromatic nitrogens is 5. The zero-order valence-electron chi connectivity index (χ0n) is 14.4. The Morgan fingerprint density at radius 1 is 0.929 bits per heavy atom. The van der Waals surface area contributed by atoms with E-state index in [1.807, 2.05) is 48.5 Å². The normalized spacial score (nSPS) is 11.0. The molecule has 0 saturated carbocycles. The largest absolute Gasteiger partial charge is 0.351 e. The molecule has 5 rings (SSSR count). The quantitative estimate of drug-likeness (QED) is 0.430. The molecule has 2 aromatic carbocycles. The summed E-state index contributed by atoms with van der Waals surface area (Å²) in [5, 5.41) is 7.13. The molecule has 5 aromatic rings. The number of nitrogens with zero attached hydrogens (tertiary/aromatic N) is 4. The average Bonchev–Trinajstić information content (AvgIpc) is 3.16. The first kappa shape index (κ1) is 16.3. The van der Waals surface area contributed by atoms with Crippen LogP contribution in [0.5, 0.6) is 0 Å². The number of fused-ring (bicyclic) bond motifs is 2. The van der Waals surface area contributed by atoms with Gasteiger partial charge in [0, 0.05) is 17.3 Å². The number of benzene rings is 2. The fourth-order valence-corrected chi connectivity index (χ4v) is 3.62. The van der Waals surface area contributed by atoms with Gasteiger partial charge in [-0.1, -0.05) is 6.07 Å². The first-order chi connectivity index (χ1) is 13.7. The molecular weight excluding hydrogens is 374 g/mol. The highest BCUT2D eigenvalue weighted by atomic mass is 32.1. The zero-order valence-corrected chi connectivity index (χ0v) is 15.2. The molecule has 0 radical (unpaired) electrons. The maximum Gasteiger partial charge on any atom is 0.351 e. The van der Waals surface area contributed by atoms with Gasteiger partial charge < -0.3 is 10.6 Å². The van der Waals surface area contributed by atoms with Crippen LogP contribution >= 0.6 is 11.3 Å². The lowest BCUT2D eigenvalue weighted by molar-refractivity contribution is 1.00. The number of rotatable bonds is 4. The van der Waals surface area contributed by atoms with Crippen molar-refractivity contribution < 1.29 is 0 Å². The maximum absolute atomic E-state index is 12.0. The van der Waals surface area contributed by atoms with Crippen LogP contribution in [0, 0.1) is 0 Å². The molecule has 9 heteroatoms. The second-order valence-corrected chi connectivity index (χ2v) is 6.87. The number of H-pyrrole nitrogens is 1. The van der Waals surface area contributed by atoms with Gasteiger partial charge in [0.15, 0.2) is 0 Å². The van der Waals surface area contributed by atoms with Gasteiger partial charge in [-0.15, -0.1) is 11.3 Å². The summed E-state index contributed by atoms with van der Waals surface area (Å²) in [7, 11) is 0. The van der Waals surface area contributed by atoms with Crippen LogP contribution in [0.15, 0.2) is 65.0 Å². The highest BCUT2D eigenvalue weighted by Gasteiger charge is 2.07. The van der Waals surface area contributed by atoms with Gasteiger partial charge in [-0.2, -0.15) is 9.97 Å². The van der Waals surface area contributed by atoms with Crippen molar-refractivity contribution in [3.8, 4) is 0 Å². The Bertz CT molecular complexity index is 1360. The first-order valence-electron chi connectivity index (χ1n) is 8.44. The van der Waals surface area contributed by atoms with Crippen molar-refractivity contribution in [3.05, 3.63) is 70.7 Å². The topological polar surface area (TPSA) is 108 Å². The van der Waals surface area contributed by atoms with E-state index in [0.29, 0.717) is 5.95 Å². The zero-order chi connectivity index (χ0) is 18.9. The molecule has 3 aromatic heterocycles. The molecule has 0 atom stereocenters. The lowest BCUT2D eigenvalue weighted by Crippen LogP contribution is -2.16. The lowest BCUT2D eigenvalue weighted by atomic mass is 10.2. The van der Waals surface area contributed by atoms with Crippen molar-refractivity contribution in [2.24, 2.45) is 0 Å². The number of aromatic amines is 1. The fraction of sp³-hybridized carbons (Fsp3) is 0. The molecular formula is C19H13N7OS. The number of thiazole rings is 1. The third-order valence-electron chi connectivity index (χ3n) is 4.14. The van der Waals surface area contributed by atoms with Gasteiger partial charge in [0.2, 0.25) is 11.9 Å². The molecule has 0 amide bonds. The predicted octanol–water partition coefficient (Wildman–Crippen LogP) is 3.81. The van der Waals surface area contributed by atoms with Gasteiger partial charge in [0.05, 0.1) is 26.9 Å². The van der Waals surface area contributed by atoms with E-state index in [0.717, 1.165) is 32.5 Å². The SMILES string of the molecule is O=c1nc(Nc2cccc3ncccc23)nc(Nc2ccc3ncsc3c2)[nH]1. The van der Waals surface area contributed by atoms with Gasteiger partial charge in [0.1, 0.15) is 0 Å². The summed E-state index contributed by atoms with van der Waals surface area (Å²) in [6.07, 6.45) is 1.73. The van der Waals surface area contributed by atoms with Crippen LogP contribution in [-0.2, 0) is 0 Å². The molecule has 0 fully saturated rings. The van der Waals surface area contributed by atoms with E-state index in [1.165, 1.54) is 0 Å².